The number of fused-ring (bicyclic) bond motifs is 1. The van der Waals surface area contributed by atoms with Gasteiger partial charge in [0.05, 0.1) is 28.5 Å². The highest BCUT2D eigenvalue weighted by Gasteiger charge is 2.34. The Kier molecular flexibility index (Phi) is 4.53. The molecule has 0 bridgehead atoms. The summed E-state index contributed by atoms with van der Waals surface area (Å²) in [5.41, 5.74) is 5.32. The van der Waals surface area contributed by atoms with E-state index in [1.807, 2.05) is 0 Å². The van der Waals surface area contributed by atoms with Gasteiger partial charge in [0.2, 0.25) is 0 Å². The van der Waals surface area contributed by atoms with Gasteiger partial charge < -0.3 is 15.5 Å². The Balaban J connectivity index is 1.62. The first-order valence-corrected chi connectivity index (χ1v) is 8.66. The van der Waals surface area contributed by atoms with E-state index in [9.17, 15) is 13.2 Å². The number of nitrogen functional groups attached to an aromatic ring is 1. The topological polar surface area (TPSA) is 108 Å². The Morgan fingerprint density at radius 2 is 2.03 bits per heavy atom. The second-order valence-electron chi connectivity index (χ2n) is 6.16. The van der Waals surface area contributed by atoms with Crippen LogP contribution >= 0.6 is 11.6 Å². The van der Waals surface area contributed by atoms with E-state index in [-0.39, 0.29) is 17.1 Å². The lowest BCUT2D eigenvalue weighted by molar-refractivity contribution is -0.137. The van der Waals surface area contributed by atoms with Crippen LogP contribution in [0.15, 0.2) is 41.2 Å². The lowest BCUT2D eigenvalue weighted by Gasteiger charge is -2.12. The van der Waals surface area contributed by atoms with Crippen molar-refractivity contribution in [3.63, 3.8) is 0 Å². The minimum absolute atomic E-state index is 0.0164. The Labute approximate surface area is 166 Å². The molecule has 8 nitrogen and oxygen atoms in total. The molecule has 0 radical (unpaired) electrons. The molecule has 12 heteroatoms. The summed E-state index contributed by atoms with van der Waals surface area (Å²) in [5, 5.41) is 6.63. The maximum Gasteiger partial charge on any atom is 0.417 e. The zero-order valence-corrected chi connectivity index (χ0v) is 15.5. The molecular formula is C17H13ClF3N7O. The molecule has 4 rings (SSSR count). The summed E-state index contributed by atoms with van der Waals surface area (Å²) >= 11 is 5.72. The van der Waals surface area contributed by atoms with E-state index in [2.05, 4.69) is 25.4 Å². The van der Waals surface area contributed by atoms with E-state index < -0.39 is 22.8 Å². The predicted octanol–water partition coefficient (Wildman–Crippen LogP) is 4.23. The highest BCUT2D eigenvalue weighted by molar-refractivity contribution is 6.32. The second-order valence-corrected chi connectivity index (χ2v) is 6.57. The predicted molar refractivity (Wildman–Crippen MR) is 99.6 cm³/mol. The molecule has 0 aliphatic carbocycles. The van der Waals surface area contributed by atoms with Crippen molar-refractivity contribution in [2.75, 3.05) is 11.1 Å². The molecule has 3 heterocycles. The van der Waals surface area contributed by atoms with Crippen LogP contribution in [0.3, 0.4) is 0 Å². The average molecular weight is 424 g/mol. The van der Waals surface area contributed by atoms with Gasteiger partial charge in [-0.2, -0.15) is 27.9 Å². The van der Waals surface area contributed by atoms with Crippen LogP contribution in [0.1, 0.15) is 24.4 Å². The third-order valence-electron chi connectivity index (χ3n) is 4.07. The van der Waals surface area contributed by atoms with Crippen molar-refractivity contribution in [1.82, 2.24) is 24.7 Å². The number of nitrogens with one attached hydrogen (secondary N) is 1. The number of nitrogens with zero attached hydrogens (tertiary/aromatic N) is 5. The molecule has 0 aliphatic rings. The maximum absolute atomic E-state index is 13.0. The molecule has 1 aromatic carbocycles. The standard InChI is InChI=1S/C17H13ClF3N7O/c1-8(15-24-7-25-28(15)14-3-2-9(22)6-23-14)26-16-27-12-4-10(17(19,20)21)11(18)5-13(12)29-16/h2-8H,22H2,1H3,(H,26,27)/t8-/m0/s1. The summed E-state index contributed by atoms with van der Waals surface area (Å²) in [6, 6.07) is 4.85. The minimum atomic E-state index is -4.59. The molecule has 0 saturated carbocycles. The molecule has 0 unspecified atom stereocenters. The molecule has 0 amide bonds. The van der Waals surface area contributed by atoms with Crippen molar-refractivity contribution in [3.8, 4) is 5.82 Å². The molecular weight excluding hydrogens is 411 g/mol. The number of rotatable bonds is 4. The third kappa shape index (κ3) is 3.68. The van der Waals surface area contributed by atoms with E-state index in [4.69, 9.17) is 21.8 Å². The van der Waals surface area contributed by atoms with Gasteiger partial charge in [0, 0.05) is 6.07 Å². The third-order valence-corrected chi connectivity index (χ3v) is 4.38. The van der Waals surface area contributed by atoms with Crippen LogP contribution in [0, 0.1) is 0 Å². The first-order valence-electron chi connectivity index (χ1n) is 8.28. The largest absolute Gasteiger partial charge is 0.423 e. The van der Waals surface area contributed by atoms with Gasteiger partial charge in [-0.1, -0.05) is 11.6 Å². The average Bonchev–Trinajstić information content (AvgIpc) is 3.27. The number of benzene rings is 1. The molecule has 3 N–H and O–H groups in total. The van der Waals surface area contributed by atoms with Crippen molar-refractivity contribution in [2.45, 2.75) is 19.1 Å². The van der Waals surface area contributed by atoms with Crippen LogP contribution in [0.2, 0.25) is 5.02 Å². The Morgan fingerprint density at radius 1 is 1.24 bits per heavy atom. The van der Waals surface area contributed by atoms with Crippen molar-refractivity contribution in [1.29, 1.82) is 0 Å². The summed E-state index contributed by atoms with van der Waals surface area (Å²) in [6.07, 6.45) is -1.75. The van der Waals surface area contributed by atoms with Gasteiger partial charge in [-0.25, -0.2) is 9.97 Å². The molecule has 0 spiro atoms. The van der Waals surface area contributed by atoms with Crippen LogP contribution in [-0.4, -0.2) is 24.7 Å². The van der Waals surface area contributed by atoms with Crippen LogP contribution in [0.4, 0.5) is 24.9 Å². The lowest BCUT2D eigenvalue weighted by atomic mass is 10.2. The van der Waals surface area contributed by atoms with E-state index >= 15 is 0 Å². The first-order chi connectivity index (χ1) is 13.7. The highest BCUT2D eigenvalue weighted by Crippen LogP contribution is 2.37. The molecule has 4 aromatic rings. The summed E-state index contributed by atoms with van der Waals surface area (Å²) in [7, 11) is 0. The van der Waals surface area contributed by atoms with Crippen molar-refractivity contribution < 1.29 is 17.6 Å². The maximum atomic E-state index is 13.0. The summed E-state index contributed by atoms with van der Waals surface area (Å²) < 4.78 is 46.0. The van der Waals surface area contributed by atoms with Crippen LogP contribution in [-0.2, 0) is 6.18 Å². The van der Waals surface area contributed by atoms with E-state index in [1.165, 1.54) is 17.2 Å². The van der Waals surface area contributed by atoms with Crippen LogP contribution in [0.25, 0.3) is 16.9 Å². The number of nitrogens with two attached hydrogens (primary N) is 1. The molecule has 29 heavy (non-hydrogen) atoms. The van der Waals surface area contributed by atoms with Gasteiger partial charge in [-0.05, 0) is 25.1 Å². The number of halogens is 4. The van der Waals surface area contributed by atoms with E-state index in [0.29, 0.717) is 17.3 Å². The molecule has 0 aliphatic heterocycles. The molecule has 0 fully saturated rings. The van der Waals surface area contributed by atoms with Crippen molar-refractivity contribution >= 4 is 34.4 Å². The number of alkyl halides is 3. The number of oxazole rings is 1. The smallest absolute Gasteiger partial charge is 0.417 e. The number of anilines is 2. The fraction of sp³-hybridized carbons (Fsp3) is 0.176. The van der Waals surface area contributed by atoms with Gasteiger partial charge in [0.1, 0.15) is 11.8 Å². The summed E-state index contributed by atoms with van der Waals surface area (Å²) in [4.78, 5) is 12.5. The van der Waals surface area contributed by atoms with Gasteiger partial charge in [0.25, 0.3) is 6.01 Å². The Hall–Kier alpha value is -3.34. The monoisotopic (exact) mass is 423 g/mol. The van der Waals surface area contributed by atoms with E-state index in [0.717, 1.165) is 12.1 Å². The number of pyridine rings is 1. The fourth-order valence-corrected chi connectivity index (χ4v) is 2.98. The quantitative estimate of drug-likeness (QED) is 0.505. The Morgan fingerprint density at radius 3 is 2.72 bits per heavy atom. The molecule has 3 aromatic heterocycles. The molecule has 150 valence electrons. The number of hydrogen-bond acceptors (Lipinski definition) is 7. The summed E-state index contributed by atoms with van der Waals surface area (Å²) in [6.45, 7) is 1.76. The van der Waals surface area contributed by atoms with Gasteiger partial charge in [-0.15, -0.1) is 0 Å². The lowest BCUT2D eigenvalue weighted by Crippen LogP contribution is -2.14. The van der Waals surface area contributed by atoms with Gasteiger partial charge >= 0.3 is 6.18 Å². The van der Waals surface area contributed by atoms with Gasteiger partial charge in [0.15, 0.2) is 17.2 Å². The second kappa shape index (κ2) is 6.92. The SMILES string of the molecule is C[C@H](Nc1nc2cc(C(F)(F)F)c(Cl)cc2o1)c1ncnn1-c1ccc(N)cn1. The molecule has 0 saturated heterocycles. The van der Waals surface area contributed by atoms with E-state index in [1.54, 1.807) is 19.1 Å². The zero-order chi connectivity index (χ0) is 20.8. The Bertz CT molecular complexity index is 1170. The number of aromatic nitrogens is 5. The van der Waals surface area contributed by atoms with Crippen LogP contribution in [0.5, 0.6) is 0 Å². The first kappa shape index (κ1) is 19.0. The molecule has 1 atom stereocenters. The van der Waals surface area contributed by atoms with Gasteiger partial charge in [-0.3, -0.25) is 0 Å². The highest BCUT2D eigenvalue weighted by atomic mass is 35.5. The van der Waals surface area contributed by atoms with Crippen molar-refractivity contribution in [2.24, 2.45) is 0 Å². The van der Waals surface area contributed by atoms with Crippen LogP contribution < -0.4 is 11.1 Å². The van der Waals surface area contributed by atoms with Crippen molar-refractivity contribution in [3.05, 3.63) is 53.2 Å². The zero-order valence-electron chi connectivity index (χ0n) is 14.8. The minimum Gasteiger partial charge on any atom is -0.423 e. The summed E-state index contributed by atoms with van der Waals surface area (Å²) in [5.74, 6) is 0.984. The fourth-order valence-electron chi connectivity index (χ4n) is 2.72. The number of hydrogen-bond donors (Lipinski definition) is 2. The normalized spacial score (nSPS) is 13.0.